The number of aliphatic hydroxyl groups excluding tert-OH is 1. The third-order valence-corrected chi connectivity index (χ3v) is 4.54. The molecule has 0 aromatic heterocycles. The van der Waals surface area contributed by atoms with Crippen molar-refractivity contribution in [2.45, 2.75) is 32.8 Å². The number of aliphatic hydroxyl groups is 1. The Morgan fingerprint density at radius 1 is 1.27 bits per heavy atom. The maximum absolute atomic E-state index is 13.0. The maximum Gasteiger partial charge on any atom is 0.272 e. The van der Waals surface area contributed by atoms with E-state index in [9.17, 15) is 19.1 Å². The van der Waals surface area contributed by atoms with E-state index < -0.39 is 17.9 Å². The van der Waals surface area contributed by atoms with Crippen LogP contribution in [0, 0.1) is 17.7 Å². The summed E-state index contributed by atoms with van der Waals surface area (Å²) in [7, 11) is 0. The average molecular weight is 364 g/mol. The molecule has 1 aliphatic rings. The van der Waals surface area contributed by atoms with Crippen molar-refractivity contribution in [3.05, 3.63) is 41.7 Å². The molecule has 0 saturated carbocycles. The van der Waals surface area contributed by atoms with Crippen LogP contribution < -0.4 is 5.48 Å². The van der Waals surface area contributed by atoms with Crippen molar-refractivity contribution in [2.24, 2.45) is 11.8 Å². The lowest BCUT2D eigenvalue weighted by molar-refractivity contribution is -0.150. The van der Waals surface area contributed by atoms with Crippen LogP contribution in [-0.4, -0.2) is 46.2 Å². The van der Waals surface area contributed by atoms with Crippen LogP contribution in [0.4, 0.5) is 4.39 Å². The third kappa shape index (κ3) is 4.89. The number of halogens is 1. The molecule has 0 fully saturated rings. The van der Waals surface area contributed by atoms with Crippen LogP contribution >= 0.6 is 0 Å². The number of carbonyl (C=O) groups is 2. The van der Waals surface area contributed by atoms with E-state index in [4.69, 9.17) is 5.21 Å². The first kappa shape index (κ1) is 20.1. The molecule has 2 rings (SSSR count). The minimum Gasteiger partial charge on any atom is -0.382 e. The number of amides is 2. The Hall–Kier alpha value is -2.25. The number of nitrogens with zero attached hydrogens (tertiary/aromatic N) is 1. The summed E-state index contributed by atoms with van der Waals surface area (Å²) in [6.07, 6.45) is 1.24. The van der Waals surface area contributed by atoms with Crippen molar-refractivity contribution in [3.8, 4) is 0 Å². The van der Waals surface area contributed by atoms with E-state index in [0.717, 1.165) is 11.1 Å². The second-order valence-electron chi connectivity index (χ2n) is 6.93. The Labute approximate surface area is 152 Å². The van der Waals surface area contributed by atoms with E-state index in [0.29, 0.717) is 25.9 Å². The number of carbonyl (C=O) groups excluding carboxylic acids is 2. The molecule has 0 radical (unpaired) electrons. The number of rotatable bonds is 6. The molecular weight excluding hydrogens is 339 g/mol. The highest BCUT2D eigenvalue weighted by atomic mass is 19.1. The molecule has 1 heterocycles. The number of nitrogens with one attached hydrogen (secondary N) is 1. The normalized spacial score (nSPS) is 16.8. The Bertz CT molecular complexity index is 673. The predicted molar refractivity (Wildman–Crippen MR) is 94.5 cm³/mol. The first-order valence-corrected chi connectivity index (χ1v) is 8.69. The van der Waals surface area contributed by atoms with Crippen LogP contribution in [0.3, 0.4) is 0 Å². The molecule has 7 heteroatoms. The second-order valence-corrected chi connectivity index (χ2v) is 6.93. The lowest BCUT2D eigenvalue weighted by Gasteiger charge is -2.32. The van der Waals surface area contributed by atoms with Gasteiger partial charge in [0.2, 0.25) is 5.91 Å². The van der Waals surface area contributed by atoms with Gasteiger partial charge >= 0.3 is 0 Å². The van der Waals surface area contributed by atoms with E-state index in [1.807, 2.05) is 19.9 Å². The van der Waals surface area contributed by atoms with Crippen LogP contribution in [0.1, 0.15) is 32.3 Å². The lowest BCUT2D eigenvalue weighted by Crippen LogP contribution is -2.48. The van der Waals surface area contributed by atoms with E-state index in [-0.39, 0.29) is 17.6 Å². The Morgan fingerprint density at radius 3 is 2.42 bits per heavy atom. The van der Waals surface area contributed by atoms with Gasteiger partial charge in [0.15, 0.2) is 0 Å². The van der Waals surface area contributed by atoms with Crippen molar-refractivity contribution in [1.82, 2.24) is 10.4 Å². The van der Waals surface area contributed by atoms with Gasteiger partial charge in [-0.05, 0) is 42.0 Å². The largest absolute Gasteiger partial charge is 0.382 e. The number of benzene rings is 1. The van der Waals surface area contributed by atoms with E-state index in [1.54, 1.807) is 17.0 Å². The van der Waals surface area contributed by atoms with Gasteiger partial charge in [0.1, 0.15) is 11.9 Å². The Kier molecular flexibility index (Phi) is 6.88. The summed E-state index contributed by atoms with van der Waals surface area (Å²) in [4.78, 5) is 26.0. The minimum atomic E-state index is -1.60. The summed E-state index contributed by atoms with van der Waals surface area (Å²) in [5, 5.41) is 18.9. The zero-order chi connectivity index (χ0) is 19.3. The third-order valence-electron chi connectivity index (χ3n) is 4.54. The van der Waals surface area contributed by atoms with Crippen molar-refractivity contribution in [2.75, 3.05) is 13.1 Å². The van der Waals surface area contributed by atoms with Crippen molar-refractivity contribution in [1.29, 1.82) is 0 Å². The van der Waals surface area contributed by atoms with Gasteiger partial charge in [0.25, 0.3) is 5.91 Å². The second kappa shape index (κ2) is 8.91. The highest BCUT2D eigenvalue weighted by Crippen LogP contribution is 2.25. The van der Waals surface area contributed by atoms with Gasteiger partial charge in [-0.1, -0.05) is 32.1 Å². The smallest absolute Gasteiger partial charge is 0.272 e. The van der Waals surface area contributed by atoms with Gasteiger partial charge in [-0.2, -0.15) is 0 Å². The summed E-state index contributed by atoms with van der Waals surface area (Å²) in [5.41, 5.74) is 3.35. The van der Waals surface area contributed by atoms with Gasteiger partial charge in [-0.25, -0.2) is 9.87 Å². The zero-order valence-corrected chi connectivity index (χ0v) is 15.0. The van der Waals surface area contributed by atoms with E-state index in [2.05, 4.69) is 0 Å². The minimum absolute atomic E-state index is 0.0974. The molecule has 0 saturated heterocycles. The molecule has 142 valence electrons. The van der Waals surface area contributed by atoms with Crippen LogP contribution in [0.2, 0.25) is 0 Å². The lowest BCUT2D eigenvalue weighted by atomic mass is 9.89. The summed E-state index contributed by atoms with van der Waals surface area (Å²) in [6, 6.07) is 6.21. The molecule has 26 heavy (non-hydrogen) atoms. The van der Waals surface area contributed by atoms with Crippen molar-refractivity contribution >= 4 is 17.4 Å². The molecule has 0 unspecified atom stereocenters. The van der Waals surface area contributed by atoms with Gasteiger partial charge < -0.3 is 10.0 Å². The van der Waals surface area contributed by atoms with Crippen LogP contribution in [0.5, 0.6) is 0 Å². The fourth-order valence-corrected chi connectivity index (χ4v) is 3.15. The topological polar surface area (TPSA) is 89.9 Å². The monoisotopic (exact) mass is 364 g/mol. The predicted octanol–water partition coefficient (Wildman–Crippen LogP) is 1.97. The molecule has 2 atom stereocenters. The molecule has 0 spiro atoms. The van der Waals surface area contributed by atoms with Crippen molar-refractivity contribution in [3.63, 3.8) is 0 Å². The molecule has 2 amide bonds. The molecular formula is C19H25FN2O4. The molecule has 3 N–H and O–H groups in total. The molecule has 1 aliphatic heterocycles. The van der Waals surface area contributed by atoms with Gasteiger partial charge in [-0.3, -0.25) is 14.8 Å². The SMILES string of the molecule is CC(C)C[C@H](C(=O)N1CC=C(c2ccc(F)cc2)CC1)[C@H](O)C(=O)NO. The fraction of sp³-hybridized carbons (Fsp3) is 0.474. The summed E-state index contributed by atoms with van der Waals surface area (Å²) >= 11 is 0. The molecule has 6 nitrogen and oxygen atoms in total. The van der Waals surface area contributed by atoms with Gasteiger partial charge in [0, 0.05) is 13.1 Å². The zero-order valence-electron chi connectivity index (χ0n) is 15.0. The van der Waals surface area contributed by atoms with Gasteiger partial charge in [0.05, 0.1) is 5.92 Å². The van der Waals surface area contributed by atoms with Crippen LogP contribution in [0.15, 0.2) is 30.3 Å². The number of hydrogen-bond acceptors (Lipinski definition) is 4. The van der Waals surface area contributed by atoms with E-state index in [1.165, 1.54) is 17.6 Å². The van der Waals surface area contributed by atoms with Gasteiger partial charge in [-0.15, -0.1) is 0 Å². The quantitative estimate of drug-likeness (QED) is 0.532. The van der Waals surface area contributed by atoms with Crippen LogP contribution in [-0.2, 0) is 9.59 Å². The number of hydroxylamine groups is 1. The molecule has 1 aromatic carbocycles. The summed E-state index contributed by atoms with van der Waals surface area (Å²) < 4.78 is 13.0. The fourth-order valence-electron chi connectivity index (χ4n) is 3.15. The first-order chi connectivity index (χ1) is 12.3. The average Bonchev–Trinajstić information content (AvgIpc) is 2.65. The Morgan fingerprint density at radius 2 is 1.92 bits per heavy atom. The highest BCUT2D eigenvalue weighted by molar-refractivity contribution is 5.89. The highest BCUT2D eigenvalue weighted by Gasteiger charge is 2.35. The van der Waals surface area contributed by atoms with E-state index >= 15 is 0 Å². The summed E-state index contributed by atoms with van der Waals surface area (Å²) in [5.74, 6) is -2.41. The standard InChI is InChI=1S/C19H25FN2O4/c1-12(2)11-16(17(23)18(24)21-26)19(25)22-9-7-14(8-10-22)13-3-5-15(20)6-4-13/h3-7,12,16-17,23,26H,8-11H2,1-2H3,(H,21,24)/t16-,17-/m0/s1. The molecule has 1 aromatic rings. The first-order valence-electron chi connectivity index (χ1n) is 8.69. The maximum atomic E-state index is 13.0. The number of hydrogen-bond donors (Lipinski definition) is 3. The molecule has 0 aliphatic carbocycles. The van der Waals surface area contributed by atoms with Crippen LogP contribution in [0.25, 0.3) is 5.57 Å². The van der Waals surface area contributed by atoms with Crippen molar-refractivity contribution < 1.29 is 24.3 Å². The summed E-state index contributed by atoms with van der Waals surface area (Å²) in [6.45, 7) is 4.59. The Balaban J connectivity index is 2.10. The molecule has 0 bridgehead atoms.